The van der Waals surface area contributed by atoms with Crippen molar-refractivity contribution in [3.05, 3.63) is 44.2 Å². The van der Waals surface area contributed by atoms with Crippen LogP contribution < -0.4 is 10.1 Å². The fourth-order valence-corrected chi connectivity index (χ4v) is 2.88. The summed E-state index contributed by atoms with van der Waals surface area (Å²) in [5, 5.41) is 2.78. The first-order chi connectivity index (χ1) is 9.02. The standard InChI is InChI=1S/C12H8Br2ClNO3/c1-18-10-5-9(7(13)4-8(10)14)16-12(17)6-2-3-19-11(6)15/h2-5H,1H3,(H,16,17). The van der Waals surface area contributed by atoms with E-state index in [0.717, 1.165) is 4.47 Å². The number of amides is 1. The summed E-state index contributed by atoms with van der Waals surface area (Å²) in [5.74, 6) is 0.251. The Morgan fingerprint density at radius 2 is 2.11 bits per heavy atom. The second-order valence-corrected chi connectivity index (χ2v) is 5.58. The van der Waals surface area contributed by atoms with Crippen LogP contribution in [0, 0.1) is 0 Å². The Labute approximate surface area is 131 Å². The summed E-state index contributed by atoms with van der Waals surface area (Å²) in [6, 6.07) is 4.98. The van der Waals surface area contributed by atoms with Gasteiger partial charge in [0.15, 0.2) is 0 Å². The number of hydrogen-bond acceptors (Lipinski definition) is 3. The number of carbonyl (C=O) groups is 1. The van der Waals surface area contributed by atoms with Crippen LogP contribution in [0.1, 0.15) is 10.4 Å². The van der Waals surface area contributed by atoms with Crippen LogP contribution in [0.25, 0.3) is 0 Å². The van der Waals surface area contributed by atoms with Crippen LogP contribution in [-0.2, 0) is 0 Å². The van der Waals surface area contributed by atoms with E-state index in [-0.39, 0.29) is 16.7 Å². The van der Waals surface area contributed by atoms with Crippen LogP contribution in [0.4, 0.5) is 5.69 Å². The van der Waals surface area contributed by atoms with E-state index in [2.05, 4.69) is 37.2 Å². The monoisotopic (exact) mass is 407 g/mol. The lowest BCUT2D eigenvalue weighted by Gasteiger charge is -2.10. The molecule has 4 nitrogen and oxygen atoms in total. The van der Waals surface area contributed by atoms with Crippen molar-refractivity contribution in [2.45, 2.75) is 0 Å². The average Bonchev–Trinajstić information content (AvgIpc) is 2.79. The molecule has 1 aromatic heterocycles. The fraction of sp³-hybridized carbons (Fsp3) is 0.0833. The van der Waals surface area contributed by atoms with E-state index in [1.165, 1.54) is 12.3 Å². The molecule has 19 heavy (non-hydrogen) atoms. The molecule has 100 valence electrons. The van der Waals surface area contributed by atoms with E-state index in [0.29, 0.717) is 15.9 Å². The van der Waals surface area contributed by atoms with Crippen molar-refractivity contribution in [1.82, 2.24) is 0 Å². The summed E-state index contributed by atoms with van der Waals surface area (Å²) in [7, 11) is 1.55. The highest BCUT2D eigenvalue weighted by Gasteiger charge is 2.15. The number of anilines is 1. The molecular formula is C12H8Br2ClNO3. The summed E-state index contributed by atoms with van der Waals surface area (Å²) in [6.07, 6.45) is 1.36. The Hall–Kier alpha value is -0.980. The molecular weight excluding hydrogens is 401 g/mol. The fourth-order valence-electron chi connectivity index (χ4n) is 1.43. The molecule has 0 aliphatic rings. The van der Waals surface area contributed by atoms with Gasteiger partial charge in [0.2, 0.25) is 5.22 Å². The molecule has 2 rings (SSSR count). The van der Waals surface area contributed by atoms with Gasteiger partial charge in [0, 0.05) is 10.5 Å². The highest BCUT2D eigenvalue weighted by molar-refractivity contribution is 9.11. The lowest BCUT2D eigenvalue weighted by Crippen LogP contribution is -2.12. The average molecular weight is 409 g/mol. The Balaban J connectivity index is 2.29. The van der Waals surface area contributed by atoms with Gasteiger partial charge in [0.25, 0.3) is 5.91 Å². The summed E-state index contributed by atoms with van der Waals surface area (Å²) in [4.78, 5) is 12.0. The highest BCUT2D eigenvalue weighted by atomic mass is 79.9. The van der Waals surface area contributed by atoms with Crippen LogP contribution in [0.15, 0.2) is 37.8 Å². The zero-order chi connectivity index (χ0) is 14.0. The van der Waals surface area contributed by atoms with E-state index >= 15 is 0 Å². The molecule has 0 aliphatic heterocycles. The molecule has 0 aliphatic carbocycles. The molecule has 1 heterocycles. The molecule has 7 heteroatoms. The smallest absolute Gasteiger partial charge is 0.260 e. The molecule has 0 saturated heterocycles. The van der Waals surface area contributed by atoms with E-state index in [9.17, 15) is 4.79 Å². The number of rotatable bonds is 3. The number of halogens is 3. The van der Waals surface area contributed by atoms with Crippen molar-refractivity contribution in [2.24, 2.45) is 0 Å². The van der Waals surface area contributed by atoms with Crippen molar-refractivity contribution in [3.8, 4) is 5.75 Å². The number of benzene rings is 1. The summed E-state index contributed by atoms with van der Waals surface area (Å²) >= 11 is 12.5. The summed E-state index contributed by atoms with van der Waals surface area (Å²) in [6.45, 7) is 0. The SMILES string of the molecule is COc1cc(NC(=O)c2ccoc2Cl)c(Br)cc1Br. The Kier molecular flexibility index (Phi) is 4.54. The van der Waals surface area contributed by atoms with Gasteiger partial charge in [0.05, 0.1) is 29.1 Å². The van der Waals surface area contributed by atoms with Crippen LogP contribution in [0.5, 0.6) is 5.75 Å². The highest BCUT2D eigenvalue weighted by Crippen LogP contribution is 2.35. The lowest BCUT2D eigenvalue weighted by molar-refractivity contribution is 0.102. The maximum Gasteiger partial charge on any atom is 0.260 e. The van der Waals surface area contributed by atoms with Crippen molar-refractivity contribution >= 4 is 55.1 Å². The van der Waals surface area contributed by atoms with Gasteiger partial charge in [-0.3, -0.25) is 4.79 Å². The number of furan rings is 1. The predicted octanol–water partition coefficient (Wildman–Crippen LogP) is 4.72. The number of hydrogen-bond donors (Lipinski definition) is 1. The predicted molar refractivity (Wildman–Crippen MR) is 80.1 cm³/mol. The Morgan fingerprint density at radius 1 is 1.37 bits per heavy atom. The normalized spacial score (nSPS) is 10.3. The molecule has 0 saturated carbocycles. The summed E-state index contributed by atoms with van der Waals surface area (Å²) in [5.41, 5.74) is 0.845. The minimum absolute atomic E-state index is 0.0534. The van der Waals surface area contributed by atoms with Crippen LogP contribution in [-0.4, -0.2) is 13.0 Å². The van der Waals surface area contributed by atoms with Gasteiger partial charge in [-0.15, -0.1) is 0 Å². The van der Waals surface area contributed by atoms with Gasteiger partial charge >= 0.3 is 0 Å². The van der Waals surface area contributed by atoms with Crippen molar-refractivity contribution in [1.29, 1.82) is 0 Å². The first-order valence-corrected chi connectivity index (χ1v) is 7.06. The first kappa shape index (κ1) is 14.4. The minimum atomic E-state index is -0.358. The van der Waals surface area contributed by atoms with Gasteiger partial charge in [-0.2, -0.15) is 0 Å². The topological polar surface area (TPSA) is 51.5 Å². The maximum atomic E-state index is 12.0. The zero-order valence-electron chi connectivity index (χ0n) is 9.67. The van der Waals surface area contributed by atoms with Crippen molar-refractivity contribution in [2.75, 3.05) is 12.4 Å². The van der Waals surface area contributed by atoms with Gasteiger partial charge in [0.1, 0.15) is 5.75 Å². The minimum Gasteiger partial charge on any atom is -0.495 e. The molecule has 0 unspecified atom stereocenters. The second kappa shape index (κ2) is 5.98. The second-order valence-electron chi connectivity index (χ2n) is 3.53. The molecule has 1 N–H and O–H groups in total. The van der Waals surface area contributed by atoms with Crippen LogP contribution in [0.2, 0.25) is 5.22 Å². The third-order valence-electron chi connectivity index (χ3n) is 2.35. The molecule has 0 fully saturated rings. The number of nitrogens with one attached hydrogen (secondary N) is 1. The lowest BCUT2D eigenvalue weighted by atomic mass is 10.2. The van der Waals surface area contributed by atoms with Gasteiger partial charge in [-0.25, -0.2) is 0 Å². The van der Waals surface area contributed by atoms with Crippen LogP contribution in [0.3, 0.4) is 0 Å². The number of ether oxygens (including phenoxy) is 1. The van der Waals surface area contributed by atoms with Crippen LogP contribution >= 0.6 is 43.5 Å². The van der Waals surface area contributed by atoms with Crippen molar-refractivity contribution in [3.63, 3.8) is 0 Å². The third-order valence-corrected chi connectivity index (χ3v) is 3.92. The van der Waals surface area contributed by atoms with E-state index in [1.807, 2.05) is 0 Å². The molecule has 0 radical (unpaired) electrons. The van der Waals surface area contributed by atoms with Gasteiger partial charge in [-0.1, -0.05) is 0 Å². The largest absolute Gasteiger partial charge is 0.495 e. The number of methoxy groups -OCH3 is 1. The van der Waals surface area contributed by atoms with Gasteiger partial charge < -0.3 is 14.5 Å². The quantitative estimate of drug-likeness (QED) is 0.798. The van der Waals surface area contributed by atoms with E-state index in [4.69, 9.17) is 20.8 Å². The molecule has 0 spiro atoms. The Morgan fingerprint density at radius 3 is 2.68 bits per heavy atom. The molecule has 1 aromatic carbocycles. The third kappa shape index (κ3) is 3.13. The molecule has 2 aromatic rings. The number of carbonyl (C=O) groups excluding carboxylic acids is 1. The summed E-state index contributed by atoms with van der Waals surface area (Å²) < 4.78 is 11.5. The zero-order valence-corrected chi connectivity index (χ0v) is 13.6. The molecule has 0 atom stereocenters. The van der Waals surface area contributed by atoms with E-state index in [1.54, 1.807) is 19.2 Å². The van der Waals surface area contributed by atoms with E-state index < -0.39 is 0 Å². The Bertz CT molecular complexity index is 627. The van der Waals surface area contributed by atoms with Crippen molar-refractivity contribution < 1.29 is 13.9 Å². The molecule has 0 bridgehead atoms. The van der Waals surface area contributed by atoms with Gasteiger partial charge in [-0.05, 0) is 55.6 Å². The first-order valence-electron chi connectivity index (χ1n) is 5.10. The maximum absolute atomic E-state index is 12.0. The molecule has 1 amide bonds.